The van der Waals surface area contributed by atoms with Gasteiger partial charge in [-0.25, -0.2) is 0 Å². The van der Waals surface area contributed by atoms with Gasteiger partial charge in [0, 0.05) is 33.7 Å². The Labute approximate surface area is 253 Å². The summed E-state index contributed by atoms with van der Waals surface area (Å²) in [7, 11) is -3.36. The summed E-state index contributed by atoms with van der Waals surface area (Å²) >= 11 is 2.24. The third-order valence-electron chi connectivity index (χ3n) is 8.92. The smallest absolute Gasteiger partial charge is 0.264 e. The molecule has 0 unspecified atom stereocenters. The first-order chi connectivity index (χ1) is 18.8. The zero-order chi connectivity index (χ0) is 29.4. The van der Waals surface area contributed by atoms with Crippen LogP contribution in [0.1, 0.15) is 65.4 Å². The standard InChI is InChI=1S/C31H44FIN2O4Si/c1-20(2)9-7-10-21(3)14-16-35-26-13-12-23(33)17-25(26)31(30(35)38)22(4)29(40(5,6)32)27(39-31)18-28(37)34-15-8-11-24(34)19-36/h9,12-14,17,22,24,27,29,36H,7-8,10-11,15-16,18-19H2,1-6H3/b21-14+/t22-,24+,27+,29-,31+/m1/s1. The lowest BCUT2D eigenvalue weighted by Gasteiger charge is -2.31. The van der Waals surface area contributed by atoms with Gasteiger partial charge in [-0.05, 0) is 100 Å². The van der Waals surface area contributed by atoms with E-state index in [4.69, 9.17) is 4.74 Å². The summed E-state index contributed by atoms with van der Waals surface area (Å²) in [6, 6.07) is 5.74. The number of aliphatic hydroxyl groups excluding tert-OH is 1. The van der Waals surface area contributed by atoms with Gasteiger partial charge in [-0.1, -0.05) is 30.2 Å². The summed E-state index contributed by atoms with van der Waals surface area (Å²) in [5.41, 5.74) is 2.23. The van der Waals surface area contributed by atoms with Gasteiger partial charge < -0.3 is 23.8 Å². The highest BCUT2D eigenvalue weighted by Gasteiger charge is 2.67. The fourth-order valence-corrected chi connectivity index (χ4v) is 9.97. The second-order valence-corrected chi connectivity index (χ2v) is 17.5. The van der Waals surface area contributed by atoms with Crippen LogP contribution in [0.4, 0.5) is 9.80 Å². The van der Waals surface area contributed by atoms with Crippen molar-refractivity contribution >= 4 is 48.5 Å². The molecule has 2 saturated heterocycles. The van der Waals surface area contributed by atoms with E-state index in [0.29, 0.717) is 13.1 Å². The third kappa shape index (κ3) is 5.98. The fourth-order valence-electron chi connectivity index (χ4n) is 6.98. The number of rotatable bonds is 9. The van der Waals surface area contributed by atoms with E-state index >= 15 is 4.11 Å². The second kappa shape index (κ2) is 12.4. The minimum absolute atomic E-state index is 0.0174. The number of allylic oxidation sites excluding steroid dienone is 3. The van der Waals surface area contributed by atoms with Gasteiger partial charge in [0.05, 0.1) is 30.9 Å². The molecule has 1 aromatic carbocycles. The van der Waals surface area contributed by atoms with Gasteiger partial charge in [-0.2, -0.15) is 0 Å². The maximum absolute atomic E-state index is 16.1. The van der Waals surface area contributed by atoms with Crippen LogP contribution in [0, 0.1) is 9.49 Å². The number of ether oxygens (including phenoxy) is 1. The Balaban J connectivity index is 1.67. The monoisotopic (exact) mass is 682 g/mol. The molecule has 1 aromatic rings. The quantitative estimate of drug-likeness (QED) is 0.140. The Morgan fingerprint density at radius 1 is 1.27 bits per heavy atom. The molecule has 0 radical (unpaired) electrons. The van der Waals surface area contributed by atoms with Gasteiger partial charge in [-0.15, -0.1) is 0 Å². The normalized spacial score (nSPS) is 28.5. The summed E-state index contributed by atoms with van der Waals surface area (Å²) in [6.45, 7) is 12.4. The second-order valence-electron chi connectivity index (χ2n) is 12.5. The largest absolute Gasteiger partial charge is 0.394 e. The van der Waals surface area contributed by atoms with Gasteiger partial charge in [-0.3, -0.25) is 9.59 Å². The number of hydrogen-bond donors (Lipinski definition) is 1. The van der Waals surface area contributed by atoms with Crippen molar-refractivity contribution in [2.24, 2.45) is 5.92 Å². The maximum atomic E-state index is 16.1. The number of carbonyl (C=O) groups excluding carboxylic acids is 2. The highest BCUT2D eigenvalue weighted by Crippen LogP contribution is 2.60. The van der Waals surface area contributed by atoms with E-state index in [-0.39, 0.29) is 30.9 Å². The number of nitrogens with zero attached hydrogens (tertiary/aromatic N) is 2. The molecule has 3 aliphatic heterocycles. The predicted molar refractivity (Wildman–Crippen MR) is 168 cm³/mol. The molecule has 9 heteroatoms. The molecule has 4 rings (SSSR count). The Morgan fingerprint density at radius 3 is 2.65 bits per heavy atom. The van der Waals surface area contributed by atoms with Gasteiger partial charge in [0.15, 0.2) is 5.60 Å². The van der Waals surface area contributed by atoms with E-state index in [2.05, 4.69) is 55.5 Å². The van der Waals surface area contributed by atoms with Crippen LogP contribution in [0.5, 0.6) is 0 Å². The molecule has 2 amide bonds. The molecular formula is C31H44FIN2O4Si. The van der Waals surface area contributed by atoms with Crippen molar-refractivity contribution in [3.05, 3.63) is 50.6 Å². The molecule has 1 spiro atoms. The van der Waals surface area contributed by atoms with Crippen LogP contribution in [-0.4, -0.2) is 62.1 Å². The first kappa shape index (κ1) is 31.4. The summed E-state index contributed by atoms with van der Waals surface area (Å²) < 4.78 is 23.8. The van der Waals surface area contributed by atoms with Crippen LogP contribution in [0.3, 0.4) is 0 Å². The molecule has 220 valence electrons. The first-order valence-corrected chi connectivity index (χ1v) is 18.5. The number of benzene rings is 1. The zero-order valence-electron chi connectivity index (χ0n) is 24.7. The molecule has 3 aliphatic rings. The first-order valence-electron chi connectivity index (χ1n) is 14.5. The number of amides is 2. The van der Waals surface area contributed by atoms with Gasteiger partial charge in [0.25, 0.3) is 5.91 Å². The topological polar surface area (TPSA) is 70.1 Å². The molecule has 6 nitrogen and oxygen atoms in total. The Hall–Kier alpha value is -1.56. The molecule has 0 saturated carbocycles. The van der Waals surface area contributed by atoms with Gasteiger partial charge in [0.1, 0.15) is 0 Å². The maximum Gasteiger partial charge on any atom is 0.264 e. The van der Waals surface area contributed by atoms with Crippen LogP contribution in [0.25, 0.3) is 0 Å². The highest BCUT2D eigenvalue weighted by molar-refractivity contribution is 14.1. The van der Waals surface area contributed by atoms with E-state index in [0.717, 1.165) is 40.5 Å². The number of hydrogen-bond acceptors (Lipinski definition) is 4. The Bertz CT molecular complexity index is 1190. The molecule has 0 aliphatic carbocycles. The highest BCUT2D eigenvalue weighted by atomic mass is 127. The van der Waals surface area contributed by atoms with Crippen molar-refractivity contribution in [2.45, 2.75) is 96.2 Å². The lowest BCUT2D eigenvalue weighted by molar-refractivity contribution is -0.149. The van der Waals surface area contributed by atoms with Crippen molar-refractivity contribution in [3.8, 4) is 0 Å². The Kier molecular flexibility index (Phi) is 9.69. The number of fused-ring (bicyclic) bond motifs is 2. The van der Waals surface area contributed by atoms with Crippen molar-refractivity contribution in [3.63, 3.8) is 0 Å². The van der Waals surface area contributed by atoms with Crippen LogP contribution in [0.2, 0.25) is 18.6 Å². The van der Waals surface area contributed by atoms with E-state index in [1.54, 1.807) is 22.9 Å². The minimum atomic E-state index is -3.36. The summed E-state index contributed by atoms with van der Waals surface area (Å²) in [4.78, 5) is 31.3. The third-order valence-corrected chi connectivity index (χ3v) is 12.0. The number of anilines is 1. The summed E-state index contributed by atoms with van der Waals surface area (Å²) in [5, 5.41) is 9.76. The van der Waals surface area contributed by atoms with E-state index < -0.39 is 31.6 Å². The average molecular weight is 683 g/mol. The molecule has 0 aromatic heterocycles. The molecule has 1 N–H and O–H groups in total. The van der Waals surface area contributed by atoms with E-state index in [9.17, 15) is 14.7 Å². The van der Waals surface area contributed by atoms with Crippen molar-refractivity contribution in [1.82, 2.24) is 4.90 Å². The predicted octanol–water partition coefficient (Wildman–Crippen LogP) is 6.48. The zero-order valence-corrected chi connectivity index (χ0v) is 27.8. The van der Waals surface area contributed by atoms with E-state index in [1.165, 1.54) is 11.1 Å². The van der Waals surface area contributed by atoms with Gasteiger partial charge in [0.2, 0.25) is 14.3 Å². The van der Waals surface area contributed by atoms with Crippen molar-refractivity contribution < 1.29 is 23.5 Å². The van der Waals surface area contributed by atoms with Crippen molar-refractivity contribution in [1.29, 1.82) is 0 Å². The fraction of sp³-hybridized carbons (Fsp3) is 0.613. The lowest BCUT2D eigenvalue weighted by atomic mass is 9.82. The Morgan fingerprint density at radius 2 is 2.00 bits per heavy atom. The average Bonchev–Trinajstić information content (AvgIpc) is 3.52. The van der Waals surface area contributed by atoms with Crippen LogP contribution in [-0.2, 0) is 19.9 Å². The summed E-state index contributed by atoms with van der Waals surface area (Å²) in [6.07, 6.45) is 7.12. The molecular weight excluding hydrogens is 638 g/mol. The van der Waals surface area contributed by atoms with E-state index in [1.807, 2.05) is 25.1 Å². The molecule has 2 fully saturated rings. The molecule has 5 atom stereocenters. The van der Waals surface area contributed by atoms with Crippen LogP contribution < -0.4 is 4.90 Å². The van der Waals surface area contributed by atoms with Gasteiger partial charge >= 0.3 is 0 Å². The molecule has 0 bridgehead atoms. The number of aliphatic hydroxyl groups is 1. The molecule has 3 heterocycles. The number of likely N-dealkylation sites (tertiary alicyclic amines) is 1. The van der Waals surface area contributed by atoms with Crippen LogP contribution in [0.15, 0.2) is 41.5 Å². The number of halogens is 2. The van der Waals surface area contributed by atoms with Crippen molar-refractivity contribution in [2.75, 3.05) is 24.6 Å². The lowest BCUT2D eigenvalue weighted by Crippen LogP contribution is -2.45. The summed E-state index contributed by atoms with van der Waals surface area (Å²) in [5.74, 6) is -0.728. The van der Waals surface area contributed by atoms with Crippen LogP contribution >= 0.6 is 22.6 Å². The molecule has 40 heavy (non-hydrogen) atoms. The minimum Gasteiger partial charge on any atom is -0.394 e. The number of carbonyl (C=O) groups is 2. The SMILES string of the molecule is CC(C)=CCC/C(C)=C/CN1C(=O)[C@@]2(O[C@@H](CC(=O)N3CCC[C@H]3CO)[C@H]([Si](C)(C)F)[C@H]2C)c2cc(I)ccc21.